The van der Waals surface area contributed by atoms with Crippen molar-refractivity contribution in [1.82, 2.24) is 19.9 Å². The molecular formula is C17H12N6. The van der Waals surface area contributed by atoms with Crippen molar-refractivity contribution in [3.05, 3.63) is 42.4 Å². The smallest absolute Gasteiger partial charge is 0.224 e. The first kappa shape index (κ1) is 14.3. The first-order valence-electron chi connectivity index (χ1n) is 6.79. The summed E-state index contributed by atoms with van der Waals surface area (Å²) in [6.45, 7) is 0.339. The third-order valence-electron chi connectivity index (χ3n) is 3.02. The van der Waals surface area contributed by atoms with E-state index in [1.54, 1.807) is 6.20 Å². The fraction of sp³-hybridized carbons (Fsp3) is 0.0588. The Balaban J connectivity index is 1.99. The van der Waals surface area contributed by atoms with Crippen molar-refractivity contribution in [3.8, 4) is 24.7 Å². The normalized spacial score (nSPS) is 9.83. The van der Waals surface area contributed by atoms with Gasteiger partial charge in [0.25, 0.3) is 0 Å². The van der Waals surface area contributed by atoms with Crippen molar-refractivity contribution < 1.29 is 0 Å². The molecule has 0 atom stereocenters. The van der Waals surface area contributed by atoms with Crippen molar-refractivity contribution >= 4 is 28.5 Å². The van der Waals surface area contributed by atoms with Crippen LogP contribution in [0.2, 0.25) is 0 Å². The fourth-order valence-corrected chi connectivity index (χ4v) is 1.98. The van der Waals surface area contributed by atoms with Crippen molar-refractivity contribution in [2.24, 2.45) is 0 Å². The Hall–Kier alpha value is -3.64. The Morgan fingerprint density at radius 1 is 1.13 bits per heavy atom. The van der Waals surface area contributed by atoms with Crippen LogP contribution in [-0.4, -0.2) is 26.5 Å². The molecule has 0 fully saturated rings. The molecule has 0 bridgehead atoms. The van der Waals surface area contributed by atoms with Crippen LogP contribution >= 0.6 is 0 Å². The van der Waals surface area contributed by atoms with Gasteiger partial charge in [-0.2, -0.15) is 0 Å². The average Bonchev–Trinajstić information content (AvgIpc) is 2.60. The summed E-state index contributed by atoms with van der Waals surface area (Å²) in [6, 6.07) is 7.48. The van der Waals surface area contributed by atoms with Gasteiger partial charge in [-0.15, -0.1) is 12.8 Å². The van der Waals surface area contributed by atoms with Gasteiger partial charge in [-0.05, 0) is 18.2 Å². The highest BCUT2D eigenvalue weighted by atomic mass is 15.1. The highest BCUT2D eigenvalue weighted by molar-refractivity contribution is 5.87. The van der Waals surface area contributed by atoms with E-state index in [9.17, 15) is 0 Å². The van der Waals surface area contributed by atoms with Crippen LogP contribution in [0.4, 0.5) is 17.5 Å². The molecule has 0 radical (unpaired) electrons. The number of rotatable bonds is 4. The molecule has 6 heteroatoms. The third-order valence-corrected chi connectivity index (χ3v) is 3.02. The minimum Gasteiger partial charge on any atom is -0.343 e. The lowest BCUT2D eigenvalue weighted by atomic mass is 10.2. The number of aromatic nitrogens is 4. The topological polar surface area (TPSA) is 75.6 Å². The lowest BCUT2D eigenvalue weighted by molar-refractivity contribution is 1.12. The average molecular weight is 300 g/mol. The molecule has 3 aromatic rings. The lowest BCUT2D eigenvalue weighted by Crippen LogP contribution is -2.05. The zero-order valence-corrected chi connectivity index (χ0v) is 12.1. The van der Waals surface area contributed by atoms with Crippen LogP contribution in [0.1, 0.15) is 5.56 Å². The second-order valence-electron chi connectivity index (χ2n) is 4.56. The second kappa shape index (κ2) is 6.42. The Morgan fingerprint density at radius 3 is 2.87 bits per heavy atom. The molecule has 2 aromatic heterocycles. The molecule has 23 heavy (non-hydrogen) atoms. The molecule has 1 aromatic carbocycles. The molecule has 110 valence electrons. The van der Waals surface area contributed by atoms with Crippen LogP contribution in [-0.2, 0) is 0 Å². The minimum atomic E-state index is 0.339. The number of terminal acetylenes is 2. The van der Waals surface area contributed by atoms with E-state index in [-0.39, 0.29) is 0 Å². The number of nitrogens with zero attached hydrogens (tertiary/aromatic N) is 4. The van der Waals surface area contributed by atoms with Crippen LogP contribution in [0.3, 0.4) is 0 Å². The molecule has 0 aliphatic carbocycles. The van der Waals surface area contributed by atoms with Crippen LogP contribution in [0.15, 0.2) is 36.8 Å². The number of hydrogen-bond donors (Lipinski definition) is 2. The monoisotopic (exact) mass is 300 g/mol. The molecule has 0 amide bonds. The first-order chi connectivity index (χ1) is 11.3. The summed E-state index contributed by atoms with van der Waals surface area (Å²) in [7, 11) is 0. The van der Waals surface area contributed by atoms with Gasteiger partial charge >= 0.3 is 0 Å². The van der Waals surface area contributed by atoms with Crippen molar-refractivity contribution in [2.75, 3.05) is 17.2 Å². The molecular weight excluding hydrogens is 288 g/mol. The van der Waals surface area contributed by atoms with Gasteiger partial charge in [0, 0.05) is 11.3 Å². The van der Waals surface area contributed by atoms with Crippen molar-refractivity contribution in [2.45, 2.75) is 0 Å². The van der Waals surface area contributed by atoms with Crippen molar-refractivity contribution in [3.63, 3.8) is 0 Å². The van der Waals surface area contributed by atoms with Gasteiger partial charge in [0.15, 0.2) is 5.82 Å². The third kappa shape index (κ3) is 3.17. The summed E-state index contributed by atoms with van der Waals surface area (Å²) in [5.74, 6) is 6.06. The summed E-state index contributed by atoms with van der Waals surface area (Å²) in [6.07, 6.45) is 13.7. The van der Waals surface area contributed by atoms with E-state index < -0.39 is 0 Å². The summed E-state index contributed by atoms with van der Waals surface area (Å²) >= 11 is 0. The number of fused-ring (bicyclic) bond motifs is 1. The Bertz CT molecular complexity index is 936. The molecule has 2 N–H and O–H groups in total. The molecule has 0 aliphatic rings. The SMILES string of the molecule is C#CCNc1ncc2ncnc(Nc3cccc(C#C)c3)c2n1. The number of hydrogen-bond acceptors (Lipinski definition) is 6. The van der Waals surface area contributed by atoms with Gasteiger partial charge in [0.05, 0.1) is 12.7 Å². The zero-order valence-electron chi connectivity index (χ0n) is 12.1. The highest BCUT2D eigenvalue weighted by Gasteiger charge is 2.08. The molecule has 0 saturated heterocycles. The van der Waals surface area contributed by atoms with Crippen LogP contribution in [0.5, 0.6) is 0 Å². The number of nitrogens with one attached hydrogen (secondary N) is 2. The molecule has 0 aliphatic heterocycles. The molecule has 6 nitrogen and oxygen atoms in total. The Labute approximate surface area is 133 Å². The summed E-state index contributed by atoms with van der Waals surface area (Å²) in [4.78, 5) is 17.0. The predicted molar refractivity (Wildman–Crippen MR) is 90.1 cm³/mol. The van der Waals surface area contributed by atoms with Gasteiger partial charge in [0.2, 0.25) is 5.95 Å². The highest BCUT2D eigenvalue weighted by Crippen LogP contribution is 2.22. The van der Waals surface area contributed by atoms with Gasteiger partial charge in [-0.3, -0.25) is 0 Å². The van der Waals surface area contributed by atoms with E-state index in [2.05, 4.69) is 42.4 Å². The van der Waals surface area contributed by atoms with Crippen LogP contribution < -0.4 is 10.6 Å². The van der Waals surface area contributed by atoms with Gasteiger partial charge < -0.3 is 10.6 Å². The Morgan fingerprint density at radius 2 is 2.04 bits per heavy atom. The van der Waals surface area contributed by atoms with Crippen LogP contribution in [0.25, 0.3) is 11.0 Å². The van der Waals surface area contributed by atoms with Crippen LogP contribution in [0, 0.1) is 24.7 Å². The lowest BCUT2D eigenvalue weighted by Gasteiger charge is -2.09. The zero-order chi connectivity index (χ0) is 16.1. The Kier molecular flexibility index (Phi) is 3.99. The van der Waals surface area contributed by atoms with Gasteiger partial charge in [0.1, 0.15) is 17.4 Å². The quantitative estimate of drug-likeness (QED) is 0.719. The van der Waals surface area contributed by atoms with Gasteiger partial charge in [-0.25, -0.2) is 19.9 Å². The van der Waals surface area contributed by atoms with E-state index in [4.69, 9.17) is 12.8 Å². The van der Waals surface area contributed by atoms with Gasteiger partial charge in [-0.1, -0.05) is 17.9 Å². The maximum absolute atomic E-state index is 5.42. The van der Waals surface area contributed by atoms with E-state index in [0.29, 0.717) is 29.3 Å². The minimum absolute atomic E-state index is 0.339. The summed E-state index contributed by atoms with van der Waals surface area (Å²) in [5.41, 5.74) is 2.81. The second-order valence-corrected chi connectivity index (χ2v) is 4.56. The van der Waals surface area contributed by atoms with E-state index in [1.165, 1.54) is 6.33 Å². The number of anilines is 3. The molecule has 0 spiro atoms. The number of benzene rings is 1. The molecule has 3 rings (SSSR count). The summed E-state index contributed by atoms with van der Waals surface area (Å²) in [5, 5.41) is 6.13. The molecule has 0 saturated carbocycles. The predicted octanol–water partition coefficient (Wildman–Crippen LogP) is 2.19. The largest absolute Gasteiger partial charge is 0.343 e. The van der Waals surface area contributed by atoms with E-state index in [1.807, 2.05) is 24.3 Å². The first-order valence-corrected chi connectivity index (χ1v) is 6.79. The standard InChI is InChI=1S/C17H12N6/c1-3-8-18-17-19-10-14-15(23-17)16(21-11-20-14)22-13-7-5-6-12(4-2)9-13/h1-2,5-7,9-11H,8H2,(H,18,19,23)(H,20,21,22). The molecule has 0 unspecified atom stereocenters. The van der Waals surface area contributed by atoms with E-state index in [0.717, 1.165) is 11.3 Å². The maximum atomic E-state index is 5.42. The maximum Gasteiger partial charge on any atom is 0.224 e. The fourth-order valence-electron chi connectivity index (χ4n) is 1.98. The molecule has 2 heterocycles. The summed E-state index contributed by atoms with van der Waals surface area (Å²) < 4.78 is 0. The van der Waals surface area contributed by atoms with E-state index >= 15 is 0 Å². The van der Waals surface area contributed by atoms with Crippen molar-refractivity contribution in [1.29, 1.82) is 0 Å².